The molecule has 0 radical (unpaired) electrons. The third-order valence-electron chi connectivity index (χ3n) is 9.49. The maximum Gasteiger partial charge on any atom is 0.302 e. The molecule has 2 N–H and O–H groups in total. The molecule has 4 aliphatic carbocycles. The van der Waals surface area contributed by atoms with Crippen LogP contribution in [0.3, 0.4) is 0 Å². The van der Waals surface area contributed by atoms with Crippen molar-refractivity contribution in [1.29, 1.82) is 0 Å². The van der Waals surface area contributed by atoms with E-state index in [0.29, 0.717) is 18.3 Å². The molecule has 0 spiro atoms. The zero-order valence-corrected chi connectivity index (χ0v) is 18.1. The predicted octanol–water partition coefficient (Wildman–Crippen LogP) is 2.84. The number of fused-ring (bicyclic) bond motifs is 5. The highest BCUT2D eigenvalue weighted by Gasteiger charge is 2.72. The molecule has 0 aliphatic heterocycles. The highest BCUT2D eigenvalue weighted by molar-refractivity contribution is 5.66. The van der Waals surface area contributed by atoms with Gasteiger partial charge in [-0.15, -0.1) is 0 Å². The van der Waals surface area contributed by atoms with Crippen LogP contribution in [0, 0.1) is 34.5 Å². The molecule has 6 nitrogen and oxygen atoms in total. The van der Waals surface area contributed by atoms with Crippen molar-refractivity contribution in [2.75, 3.05) is 6.61 Å². The van der Waals surface area contributed by atoms with Crippen molar-refractivity contribution >= 4 is 11.9 Å². The van der Waals surface area contributed by atoms with Gasteiger partial charge in [-0.25, -0.2) is 0 Å². The number of rotatable bonds is 3. The zero-order chi connectivity index (χ0) is 21.2. The Morgan fingerprint density at radius 3 is 2.28 bits per heavy atom. The van der Waals surface area contributed by atoms with Gasteiger partial charge in [0.2, 0.25) is 0 Å². The number of ether oxygens (including phenoxy) is 2. The Hall–Kier alpha value is -1.14. The van der Waals surface area contributed by atoms with Crippen LogP contribution in [0.15, 0.2) is 0 Å². The molecule has 4 rings (SSSR count). The average molecular weight is 409 g/mol. The van der Waals surface area contributed by atoms with Crippen LogP contribution in [0.2, 0.25) is 0 Å². The van der Waals surface area contributed by atoms with E-state index < -0.39 is 5.60 Å². The van der Waals surface area contributed by atoms with Gasteiger partial charge < -0.3 is 19.7 Å². The van der Waals surface area contributed by atoms with Crippen molar-refractivity contribution in [2.24, 2.45) is 34.5 Å². The van der Waals surface area contributed by atoms with E-state index in [2.05, 4.69) is 13.8 Å². The van der Waals surface area contributed by atoms with E-state index >= 15 is 0 Å². The van der Waals surface area contributed by atoms with E-state index in [1.807, 2.05) is 0 Å². The fourth-order valence-electron chi connectivity index (χ4n) is 8.21. The second-order valence-electron chi connectivity index (χ2n) is 10.6. The van der Waals surface area contributed by atoms with Crippen LogP contribution in [0.25, 0.3) is 0 Å². The maximum atomic E-state index is 12.0. The number of aliphatic hydroxyl groups excluding tert-OH is 1. The molecule has 0 heterocycles. The number of carbonyl (C=O) groups excluding carboxylic acids is 2. The van der Waals surface area contributed by atoms with Crippen LogP contribution in [-0.4, -0.2) is 46.6 Å². The van der Waals surface area contributed by atoms with Crippen LogP contribution in [0.5, 0.6) is 0 Å². The smallest absolute Gasteiger partial charge is 0.302 e. The minimum Gasteiger partial charge on any atom is -0.462 e. The number of hydrogen-bond donors (Lipinski definition) is 2. The van der Waals surface area contributed by atoms with Crippen LogP contribution < -0.4 is 0 Å². The van der Waals surface area contributed by atoms with E-state index in [9.17, 15) is 19.8 Å². The van der Waals surface area contributed by atoms with Gasteiger partial charge in [-0.05, 0) is 56.3 Å². The lowest BCUT2D eigenvalue weighted by molar-refractivity contribution is -0.177. The van der Waals surface area contributed by atoms with Crippen molar-refractivity contribution in [3.63, 3.8) is 0 Å². The van der Waals surface area contributed by atoms with Gasteiger partial charge in [-0.3, -0.25) is 9.59 Å². The van der Waals surface area contributed by atoms with Gasteiger partial charge in [-0.1, -0.05) is 13.8 Å². The molecule has 0 aromatic carbocycles. The lowest BCUT2D eigenvalue weighted by Crippen LogP contribution is -2.55. The van der Waals surface area contributed by atoms with Crippen LogP contribution >= 0.6 is 0 Å². The first-order chi connectivity index (χ1) is 13.6. The van der Waals surface area contributed by atoms with Crippen molar-refractivity contribution < 1.29 is 29.3 Å². The summed E-state index contributed by atoms with van der Waals surface area (Å²) in [5.74, 6) is 0.0683. The standard InChI is InChI=1S/C23H36O6/c1-13(25)28-15-7-10-22(4)17-8-9-21(3)16(5-6-19(21)29-14(2)26)20(17)18(12-24)23(22,27)11-15/h15-20,24,27H,5-12H2,1-4H3. The van der Waals surface area contributed by atoms with Crippen LogP contribution in [-0.2, 0) is 19.1 Å². The number of esters is 2. The maximum absolute atomic E-state index is 12.0. The molecule has 0 saturated heterocycles. The Morgan fingerprint density at radius 1 is 0.966 bits per heavy atom. The number of hydrogen-bond acceptors (Lipinski definition) is 6. The summed E-state index contributed by atoms with van der Waals surface area (Å²) in [6.07, 6.45) is 5.37. The summed E-state index contributed by atoms with van der Waals surface area (Å²) >= 11 is 0. The molecular weight excluding hydrogens is 372 g/mol. The third-order valence-corrected chi connectivity index (χ3v) is 9.49. The molecule has 0 aromatic rings. The van der Waals surface area contributed by atoms with E-state index in [0.717, 1.165) is 38.5 Å². The molecule has 9 unspecified atom stereocenters. The van der Waals surface area contributed by atoms with E-state index in [1.54, 1.807) is 0 Å². The summed E-state index contributed by atoms with van der Waals surface area (Å²) in [4.78, 5) is 23.2. The molecule has 9 atom stereocenters. The molecule has 164 valence electrons. The second-order valence-corrected chi connectivity index (χ2v) is 10.6. The quantitative estimate of drug-likeness (QED) is 0.698. The van der Waals surface area contributed by atoms with Crippen LogP contribution in [0.1, 0.15) is 72.6 Å². The van der Waals surface area contributed by atoms with Crippen molar-refractivity contribution in [1.82, 2.24) is 0 Å². The molecular formula is C23H36O6. The Morgan fingerprint density at radius 2 is 1.66 bits per heavy atom. The molecule has 0 bridgehead atoms. The minimum atomic E-state index is -1.04. The Bertz CT molecular complexity index is 693. The topological polar surface area (TPSA) is 93.1 Å². The summed E-state index contributed by atoms with van der Waals surface area (Å²) in [5, 5.41) is 22.5. The van der Waals surface area contributed by atoms with E-state index in [1.165, 1.54) is 13.8 Å². The molecule has 0 amide bonds. The molecule has 4 saturated carbocycles. The summed E-state index contributed by atoms with van der Waals surface area (Å²) in [6.45, 7) is 7.24. The highest BCUT2D eigenvalue weighted by Crippen LogP contribution is 2.72. The average Bonchev–Trinajstić information content (AvgIpc) is 3.04. The monoisotopic (exact) mass is 408 g/mol. The van der Waals surface area contributed by atoms with Crippen molar-refractivity contribution in [2.45, 2.75) is 90.4 Å². The van der Waals surface area contributed by atoms with Crippen LogP contribution in [0.4, 0.5) is 0 Å². The Kier molecular flexibility index (Phi) is 5.05. The summed E-state index contributed by atoms with van der Waals surface area (Å²) in [6, 6.07) is 0. The first kappa shape index (κ1) is 21.1. The van der Waals surface area contributed by atoms with Gasteiger partial charge in [0.05, 0.1) is 5.60 Å². The van der Waals surface area contributed by atoms with E-state index in [4.69, 9.17) is 9.47 Å². The first-order valence-electron chi connectivity index (χ1n) is 11.2. The second kappa shape index (κ2) is 6.94. The van der Waals surface area contributed by atoms with Gasteiger partial charge in [0.25, 0.3) is 0 Å². The summed E-state index contributed by atoms with van der Waals surface area (Å²) < 4.78 is 11.2. The fraction of sp³-hybridized carbons (Fsp3) is 0.913. The SMILES string of the molecule is CC(=O)OC1CCC2(C)C3CCC4(C)C(OC(C)=O)CCC4C3C(CO)C2(O)C1. The summed E-state index contributed by atoms with van der Waals surface area (Å²) in [5.41, 5.74) is -1.43. The largest absolute Gasteiger partial charge is 0.462 e. The number of aliphatic hydroxyl groups is 2. The molecule has 4 aliphatic rings. The predicted molar refractivity (Wildman–Crippen MR) is 106 cm³/mol. The van der Waals surface area contributed by atoms with Crippen molar-refractivity contribution in [3.05, 3.63) is 0 Å². The lowest BCUT2D eigenvalue weighted by Gasteiger charge is -2.52. The van der Waals surface area contributed by atoms with Gasteiger partial charge in [0, 0.05) is 43.6 Å². The minimum absolute atomic E-state index is 0.0646. The Balaban J connectivity index is 1.67. The normalized spacial score (nSPS) is 51.0. The highest BCUT2D eigenvalue weighted by atomic mass is 16.5. The van der Waals surface area contributed by atoms with Crippen molar-refractivity contribution in [3.8, 4) is 0 Å². The van der Waals surface area contributed by atoms with E-state index in [-0.39, 0.29) is 53.4 Å². The third kappa shape index (κ3) is 2.88. The molecule has 4 fully saturated rings. The first-order valence-corrected chi connectivity index (χ1v) is 11.2. The lowest BCUT2D eigenvalue weighted by atomic mass is 9.55. The zero-order valence-electron chi connectivity index (χ0n) is 18.1. The van der Waals surface area contributed by atoms with Gasteiger partial charge in [0.15, 0.2) is 0 Å². The molecule has 0 aromatic heterocycles. The van der Waals surface area contributed by atoms with Gasteiger partial charge >= 0.3 is 11.9 Å². The fourth-order valence-corrected chi connectivity index (χ4v) is 8.21. The van der Waals surface area contributed by atoms with Gasteiger partial charge in [0.1, 0.15) is 12.2 Å². The molecule has 29 heavy (non-hydrogen) atoms. The Labute approximate surface area is 173 Å². The molecule has 6 heteroatoms. The number of carbonyl (C=O) groups is 2. The van der Waals surface area contributed by atoms with Gasteiger partial charge in [-0.2, -0.15) is 0 Å². The summed E-state index contributed by atoms with van der Waals surface area (Å²) in [7, 11) is 0.